The van der Waals surface area contributed by atoms with Crippen molar-refractivity contribution in [2.24, 2.45) is 0 Å². The standard InChI is InChI=1S/C15H15NO2/c1-12-7-9-16-11-14(12)15(17)8-10-18-13-5-3-2-4-6-13/h2-7,9,11H,8,10H2,1H3. The van der Waals surface area contributed by atoms with Gasteiger partial charge < -0.3 is 4.74 Å². The maximum atomic E-state index is 11.9. The summed E-state index contributed by atoms with van der Waals surface area (Å²) in [5, 5.41) is 0. The number of Topliss-reactive ketones (excluding diaryl/α,β-unsaturated/α-hetero) is 1. The van der Waals surface area contributed by atoms with Crippen molar-refractivity contribution in [3.05, 3.63) is 59.9 Å². The van der Waals surface area contributed by atoms with E-state index in [1.165, 1.54) is 0 Å². The van der Waals surface area contributed by atoms with Crippen LogP contribution in [0.3, 0.4) is 0 Å². The first kappa shape index (κ1) is 12.3. The number of benzene rings is 1. The predicted molar refractivity (Wildman–Crippen MR) is 69.9 cm³/mol. The fraction of sp³-hybridized carbons (Fsp3) is 0.200. The minimum absolute atomic E-state index is 0.0662. The van der Waals surface area contributed by atoms with Crippen LogP contribution in [0, 0.1) is 6.92 Å². The Bertz CT molecular complexity index is 523. The van der Waals surface area contributed by atoms with Crippen LogP contribution in [0.1, 0.15) is 22.3 Å². The molecule has 1 heterocycles. The molecule has 0 spiro atoms. The van der Waals surface area contributed by atoms with Crippen molar-refractivity contribution in [2.45, 2.75) is 13.3 Å². The lowest BCUT2D eigenvalue weighted by Gasteiger charge is -2.06. The van der Waals surface area contributed by atoms with Crippen LogP contribution < -0.4 is 4.74 Å². The Labute approximate surface area is 106 Å². The highest BCUT2D eigenvalue weighted by Crippen LogP contribution is 2.11. The molecule has 0 fully saturated rings. The lowest BCUT2D eigenvalue weighted by Crippen LogP contribution is -2.08. The van der Waals surface area contributed by atoms with Gasteiger partial charge in [-0.1, -0.05) is 18.2 Å². The van der Waals surface area contributed by atoms with E-state index >= 15 is 0 Å². The fourth-order valence-corrected chi connectivity index (χ4v) is 1.67. The van der Waals surface area contributed by atoms with Gasteiger partial charge in [0, 0.05) is 24.4 Å². The summed E-state index contributed by atoms with van der Waals surface area (Å²) >= 11 is 0. The van der Waals surface area contributed by atoms with Gasteiger partial charge in [-0.15, -0.1) is 0 Å². The van der Waals surface area contributed by atoms with E-state index in [4.69, 9.17) is 4.74 Å². The van der Waals surface area contributed by atoms with Crippen LogP contribution in [0.4, 0.5) is 0 Å². The third kappa shape index (κ3) is 3.17. The monoisotopic (exact) mass is 241 g/mol. The normalized spacial score (nSPS) is 10.1. The van der Waals surface area contributed by atoms with Crippen LogP contribution in [0.5, 0.6) is 5.75 Å². The average molecular weight is 241 g/mol. The smallest absolute Gasteiger partial charge is 0.168 e. The Kier molecular flexibility index (Phi) is 4.07. The van der Waals surface area contributed by atoms with E-state index in [9.17, 15) is 4.79 Å². The molecule has 2 aromatic rings. The van der Waals surface area contributed by atoms with Crippen molar-refractivity contribution in [3.63, 3.8) is 0 Å². The minimum atomic E-state index is 0.0662. The van der Waals surface area contributed by atoms with Gasteiger partial charge in [0.2, 0.25) is 0 Å². The van der Waals surface area contributed by atoms with E-state index in [2.05, 4.69) is 4.98 Å². The van der Waals surface area contributed by atoms with Gasteiger partial charge in [-0.3, -0.25) is 9.78 Å². The summed E-state index contributed by atoms with van der Waals surface area (Å²) < 4.78 is 5.50. The van der Waals surface area contributed by atoms with Crippen LogP contribution >= 0.6 is 0 Å². The van der Waals surface area contributed by atoms with Gasteiger partial charge in [-0.25, -0.2) is 0 Å². The summed E-state index contributed by atoms with van der Waals surface area (Å²) in [6, 6.07) is 11.3. The quantitative estimate of drug-likeness (QED) is 0.755. The highest BCUT2D eigenvalue weighted by molar-refractivity contribution is 5.97. The number of aromatic nitrogens is 1. The second-order valence-corrected chi connectivity index (χ2v) is 4.03. The third-order valence-corrected chi connectivity index (χ3v) is 2.68. The third-order valence-electron chi connectivity index (χ3n) is 2.68. The first-order valence-corrected chi connectivity index (χ1v) is 5.89. The number of rotatable bonds is 5. The van der Waals surface area contributed by atoms with E-state index in [0.717, 1.165) is 11.3 Å². The van der Waals surface area contributed by atoms with E-state index in [-0.39, 0.29) is 5.78 Å². The molecule has 3 heteroatoms. The zero-order valence-electron chi connectivity index (χ0n) is 10.3. The molecule has 0 aliphatic carbocycles. The van der Waals surface area contributed by atoms with E-state index < -0.39 is 0 Å². The van der Waals surface area contributed by atoms with Crippen molar-refractivity contribution in [1.29, 1.82) is 0 Å². The Hall–Kier alpha value is -2.16. The Morgan fingerprint density at radius 1 is 1.22 bits per heavy atom. The highest BCUT2D eigenvalue weighted by Gasteiger charge is 2.08. The van der Waals surface area contributed by atoms with Crippen molar-refractivity contribution in [1.82, 2.24) is 4.98 Å². The maximum absolute atomic E-state index is 11.9. The molecular formula is C15H15NO2. The lowest BCUT2D eigenvalue weighted by molar-refractivity contribution is 0.0961. The van der Waals surface area contributed by atoms with Gasteiger partial charge in [0.1, 0.15) is 5.75 Å². The summed E-state index contributed by atoms with van der Waals surface area (Å²) in [7, 11) is 0. The van der Waals surface area contributed by atoms with Gasteiger partial charge in [0.25, 0.3) is 0 Å². The summed E-state index contributed by atoms with van der Waals surface area (Å²) in [6.45, 7) is 2.30. The Morgan fingerprint density at radius 2 is 2.00 bits per heavy atom. The molecule has 0 aliphatic rings. The Morgan fingerprint density at radius 3 is 2.72 bits per heavy atom. The molecule has 2 rings (SSSR count). The number of aryl methyl sites for hydroxylation is 1. The number of carbonyl (C=O) groups is 1. The van der Waals surface area contributed by atoms with Crippen molar-refractivity contribution in [2.75, 3.05) is 6.61 Å². The molecule has 0 amide bonds. The van der Waals surface area contributed by atoms with Crippen molar-refractivity contribution >= 4 is 5.78 Å². The van der Waals surface area contributed by atoms with Gasteiger partial charge >= 0.3 is 0 Å². The molecule has 0 saturated heterocycles. The van der Waals surface area contributed by atoms with Crippen LogP contribution in [-0.2, 0) is 0 Å². The molecule has 0 saturated carbocycles. The number of nitrogens with zero attached hydrogens (tertiary/aromatic N) is 1. The summed E-state index contributed by atoms with van der Waals surface area (Å²) in [5.74, 6) is 0.852. The number of ketones is 1. The molecular weight excluding hydrogens is 226 g/mol. The molecule has 0 unspecified atom stereocenters. The predicted octanol–water partition coefficient (Wildman–Crippen LogP) is 3.04. The number of carbonyl (C=O) groups excluding carboxylic acids is 1. The molecule has 0 radical (unpaired) electrons. The number of para-hydroxylation sites is 1. The van der Waals surface area contributed by atoms with Gasteiger partial charge in [0.15, 0.2) is 5.78 Å². The number of ether oxygens (including phenoxy) is 1. The first-order valence-electron chi connectivity index (χ1n) is 5.89. The highest BCUT2D eigenvalue weighted by atomic mass is 16.5. The van der Waals surface area contributed by atoms with Crippen LogP contribution in [0.25, 0.3) is 0 Å². The van der Waals surface area contributed by atoms with E-state index in [1.54, 1.807) is 12.4 Å². The lowest BCUT2D eigenvalue weighted by atomic mass is 10.1. The summed E-state index contributed by atoms with van der Waals surface area (Å²) in [6.07, 6.45) is 3.66. The molecule has 92 valence electrons. The number of pyridine rings is 1. The number of hydrogen-bond donors (Lipinski definition) is 0. The van der Waals surface area contributed by atoms with Crippen molar-refractivity contribution in [3.8, 4) is 5.75 Å². The second-order valence-electron chi connectivity index (χ2n) is 4.03. The molecule has 18 heavy (non-hydrogen) atoms. The first-order chi connectivity index (χ1) is 8.77. The summed E-state index contributed by atoms with van der Waals surface area (Å²) in [4.78, 5) is 15.9. The molecule has 0 atom stereocenters. The Balaban J connectivity index is 1.88. The fourth-order valence-electron chi connectivity index (χ4n) is 1.67. The largest absolute Gasteiger partial charge is 0.493 e. The molecule has 1 aromatic heterocycles. The van der Waals surface area contributed by atoms with Gasteiger partial charge in [-0.2, -0.15) is 0 Å². The van der Waals surface area contributed by atoms with Crippen LogP contribution in [-0.4, -0.2) is 17.4 Å². The second kappa shape index (κ2) is 5.96. The van der Waals surface area contributed by atoms with Gasteiger partial charge in [0.05, 0.1) is 6.61 Å². The average Bonchev–Trinajstić information content (AvgIpc) is 2.40. The molecule has 0 N–H and O–H groups in total. The van der Waals surface area contributed by atoms with Gasteiger partial charge in [-0.05, 0) is 30.7 Å². The minimum Gasteiger partial charge on any atom is -0.493 e. The molecule has 0 aliphatic heterocycles. The van der Waals surface area contributed by atoms with Crippen LogP contribution in [0.2, 0.25) is 0 Å². The molecule has 0 bridgehead atoms. The molecule has 3 nitrogen and oxygen atoms in total. The zero-order valence-corrected chi connectivity index (χ0v) is 10.3. The summed E-state index contributed by atoms with van der Waals surface area (Å²) in [5.41, 5.74) is 1.63. The maximum Gasteiger partial charge on any atom is 0.168 e. The van der Waals surface area contributed by atoms with E-state index in [0.29, 0.717) is 18.6 Å². The number of hydrogen-bond acceptors (Lipinski definition) is 3. The zero-order chi connectivity index (χ0) is 12.8. The SMILES string of the molecule is Cc1ccncc1C(=O)CCOc1ccccc1. The topological polar surface area (TPSA) is 39.2 Å². The molecule has 1 aromatic carbocycles. The van der Waals surface area contributed by atoms with E-state index in [1.807, 2.05) is 43.3 Å². The van der Waals surface area contributed by atoms with Crippen LogP contribution in [0.15, 0.2) is 48.8 Å². The van der Waals surface area contributed by atoms with Crippen molar-refractivity contribution < 1.29 is 9.53 Å².